The summed E-state index contributed by atoms with van der Waals surface area (Å²) in [5, 5.41) is 5.13. The summed E-state index contributed by atoms with van der Waals surface area (Å²) in [5.41, 5.74) is 0.551. The number of hydrogen-bond acceptors (Lipinski definition) is 10. The first-order valence-corrected chi connectivity index (χ1v) is 11.1. The van der Waals surface area contributed by atoms with E-state index in [9.17, 15) is 19.2 Å². The lowest BCUT2D eigenvalue weighted by molar-refractivity contribution is -0.119. The number of rotatable bonds is 8. The molecule has 1 aliphatic heterocycles. The Hall–Kier alpha value is -3.80. The lowest BCUT2D eigenvalue weighted by Gasteiger charge is -2.21. The summed E-state index contributed by atoms with van der Waals surface area (Å²) in [7, 11) is 2.88. The van der Waals surface area contributed by atoms with Crippen molar-refractivity contribution in [3.63, 3.8) is 0 Å². The van der Waals surface area contributed by atoms with Gasteiger partial charge in [0.05, 0.1) is 29.7 Å². The van der Waals surface area contributed by atoms with Gasteiger partial charge in [0, 0.05) is 7.05 Å². The molecular weight excluding hydrogens is 468 g/mol. The standard InChI is InChI=1S/C22H24N2O9S/c1-5-30-22(28)16-11(2)18(19(26)23-3)34-20(16)24-15(25)10-33-21(27)12-8-13(29-4)17-14(9-12)31-6-7-32-17/h8-9H,5-7,10H2,1-4H3,(H,23,26)(H,24,25). The van der Waals surface area contributed by atoms with E-state index >= 15 is 0 Å². The fourth-order valence-electron chi connectivity index (χ4n) is 3.15. The molecule has 1 aliphatic rings. The minimum atomic E-state index is -0.788. The summed E-state index contributed by atoms with van der Waals surface area (Å²) in [5.74, 6) is -1.57. The second-order valence-corrected chi connectivity index (χ2v) is 7.91. The van der Waals surface area contributed by atoms with Gasteiger partial charge < -0.3 is 34.3 Å². The lowest BCUT2D eigenvalue weighted by Crippen LogP contribution is -2.22. The molecule has 0 atom stereocenters. The molecule has 0 fully saturated rings. The molecule has 2 N–H and O–H groups in total. The van der Waals surface area contributed by atoms with Crippen molar-refractivity contribution in [3.8, 4) is 17.2 Å². The van der Waals surface area contributed by atoms with Crippen LogP contribution in [0.5, 0.6) is 17.2 Å². The summed E-state index contributed by atoms with van der Waals surface area (Å²) >= 11 is 0.920. The smallest absolute Gasteiger partial charge is 0.341 e. The van der Waals surface area contributed by atoms with Crippen LogP contribution >= 0.6 is 11.3 Å². The Bertz CT molecular complexity index is 1110. The highest BCUT2D eigenvalue weighted by Crippen LogP contribution is 2.40. The van der Waals surface area contributed by atoms with Gasteiger partial charge in [-0.25, -0.2) is 9.59 Å². The molecule has 0 saturated heterocycles. The van der Waals surface area contributed by atoms with Crippen molar-refractivity contribution in [1.82, 2.24) is 5.32 Å². The number of esters is 2. The average Bonchev–Trinajstić information content (AvgIpc) is 3.16. The van der Waals surface area contributed by atoms with Gasteiger partial charge in [0.1, 0.15) is 18.2 Å². The molecule has 1 aromatic heterocycles. The summed E-state index contributed by atoms with van der Waals surface area (Å²) < 4.78 is 26.4. The molecule has 0 unspecified atom stereocenters. The van der Waals surface area contributed by atoms with E-state index in [1.165, 1.54) is 26.3 Å². The van der Waals surface area contributed by atoms with E-state index in [-0.39, 0.29) is 27.6 Å². The number of methoxy groups -OCH3 is 1. The molecule has 0 aliphatic carbocycles. The monoisotopic (exact) mass is 492 g/mol. The Labute approximate surface area is 199 Å². The topological polar surface area (TPSA) is 138 Å². The lowest BCUT2D eigenvalue weighted by atomic mass is 10.1. The zero-order chi connectivity index (χ0) is 24.8. The quantitative estimate of drug-likeness (QED) is 0.531. The van der Waals surface area contributed by atoms with Gasteiger partial charge >= 0.3 is 11.9 Å². The second-order valence-electron chi connectivity index (χ2n) is 6.89. The van der Waals surface area contributed by atoms with Crippen molar-refractivity contribution in [2.45, 2.75) is 13.8 Å². The third kappa shape index (κ3) is 5.22. The van der Waals surface area contributed by atoms with Crippen LogP contribution in [0.1, 0.15) is 42.9 Å². The second kappa shape index (κ2) is 10.9. The molecule has 2 aromatic rings. The van der Waals surface area contributed by atoms with Gasteiger partial charge in [0.2, 0.25) is 5.75 Å². The van der Waals surface area contributed by atoms with Crippen LogP contribution in [0.15, 0.2) is 12.1 Å². The minimum Gasteiger partial charge on any atom is -0.493 e. The normalized spacial score (nSPS) is 11.9. The minimum absolute atomic E-state index is 0.0710. The molecule has 0 radical (unpaired) electrons. The van der Waals surface area contributed by atoms with Crippen molar-refractivity contribution in [2.75, 3.05) is 45.9 Å². The first-order valence-electron chi connectivity index (χ1n) is 10.3. The van der Waals surface area contributed by atoms with E-state index in [1.807, 2.05) is 0 Å². The van der Waals surface area contributed by atoms with Crippen molar-refractivity contribution >= 4 is 40.1 Å². The molecule has 2 amide bonds. The van der Waals surface area contributed by atoms with Crippen molar-refractivity contribution in [1.29, 1.82) is 0 Å². The third-order valence-corrected chi connectivity index (χ3v) is 5.92. The Morgan fingerprint density at radius 1 is 1.09 bits per heavy atom. The number of hydrogen-bond donors (Lipinski definition) is 2. The SMILES string of the molecule is CCOC(=O)c1c(NC(=O)COC(=O)c2cc(OC)c3c(c2)OCCO3)sc(C(=O)NC)c1C. The van der Waals surface area contributed by atoms with E-state index in [4.69, 9.17) is 23.7 Å². The molecular formula is C22H24N2O9S. The zero-order valence-electron chi connectivity index (χ0n) is 19.1. The van der Waals surface area contributed by atoms with Gasteiger partial charge in [-0.2, -0.15) is 0 Å². The first kappa shape index (κ1) is 24.8. The number of anilines is 1. The van der Waals surface area contributed by atoms with Gasteiger partial charge in [0.25, 0.3) is 11.8 Å². The van der Waals surface area contributed by atoms with Crippen LogP contribution in [0.2, 0.25) is 0 Å². The Balaban J connectivity index is 1.73. The number of carbonyl (C=O) groups is 4. The summed E-state index contributed by atoms with van der Waals surface area (Å²) in [6.45, 7) is 3.38. The number of carbonyl (C=O) groups excluding carboxylic acids is 4. The molecule has 2 heterocycles. The molecule has 0 bridgehead atoms. The molecule has 34 heavy (non-hydrogen) atoms. The van der Waals surface area contributed by atoms with E-state index in [0.717, 1.165) is 11.3 Å². The summed E-state index contributed by atoms with van der Waals surface area (Å²) in [6, 6.07) is 2.86. The Morgan fingerprint density at radius 2 is 1.82 bits per heavy atom. The Morgan fingerprint density at radius 3 is 2.50 bits per heavy atom. The maximum absolute atomic E-state index is 12.5. The summed E-state index contributed by atoms with van der Waals surface area (Å²) in [4.78, 5) is 49.8. The Kier molecular flexibility index (Phi) is 7.95. The highest BCUT2D eigenvalue weighted by Gasteiger charge is 2.27. The molecule has 11 nitrogen and oxygen atoms in total. The number of thiophene rings is 1. The van der Waals surface area contributed by atoms with Crippen LogP contribution in [-0.2, 0) is 14.3 Å². The number of amides is 2. The van der Waals surface area contributed by atoms with Crippen LogP contribution in [0.3, 0.4) is 0 Å². The average molecular weight is 493 g/mol. The fourth-order valence-corrected chi connectivity index (χ4v) is 4.31. The van der Waals surface area contributed by atoms with E-state index < -0.39 is 30.4 Å². The van der Waals surface area contributed by atoms with Crippen molar-refractivity contribution < 1.29 is 42.9 Å². The first-order chi connectivity index (χ1) is 16.3. The van der Waals surface area contributed by atoms with E-state index in [2.05, 4.69) is 10.6 Å². The van der Waals surface area contributed by atoms with Crippen LogP contribution in [-0.4, -0.2) is 64.3 Å². The molecule has 0 saturated carbocycles. The van der Waals surface area contributed by atoms with E-state index in [1.54, 1.807) is 13.8 Å². The maximum Gasteiger partial charge on any atom is 0.341 e. The van der Waals surface area contributed by atoms with Crippen LogP contribution in [0.25, 0.3) is 0 Å². The number of benzene rings is 1. The van der Waals surface area contributed by atoms with E-state index in [0.29, 0.717) is 36.0 Å². The molecule has 3 rings (SSSR count). The van der Waals surface area contributed by atoms with Crippen LogP contribution < -0.4 is 24.8 Å². The molecule has 1 aromatic carbocycles. The highest BCUT2D eigenvalue weighted by molar-refractivity contribution is 7.18. The largest absolute Gasteiger partial charge is 0.493 e. The van der Waals surface area contributed by atoms with Gasteiger partial charge in [0.15, 0.2) is 18.1 Å². The number of fused-ring (bicyclic) bond motifs is 1. The summed E-state index contributed by atoms with van der Waals surface area (Å²) in [6.07, 6.45) is 0. The zero-order valence-corrected chi connectivity index (χ0v) is 19.9. The third-order valence-electron chi connectivity index (χ3n) is 4.71. The predicted octanol–water partition coefficient (Wildman–Crippen LogP) is 2.17. The van der Waals surface area contributed by atoms with Crippen LogP contribution in [0.4, 0.5) is 5.00 Å². The molecule has 182 valence electrons. The van der Waals surface area contributed by atoms with Crippen molar-refractivity contribution in [2.24, 2.45) is 0 Å². The number of nitrogens with one attached hydrogen (secondary N) is 2. The van der Waals surface area contributed by atoms with Gasteiger partial charge in [-0.1, -0.05) is 0 Å². The van der Waals surface area contributed by atoms with Crippen LogP contribution in [0, 0.1) is 6.92 Å². The number of ether oxygens (including phenoxy) is 5. The maximum atomic E-state index is 12.5. The van der Waals surface area contributed by atoms with Gasteiger partial charge in [-0.3, -0.25) is 9.59 Å². The molecule has 12 heteroatoms. The van der Waals surface area contributed by atoms with Gasteiger partial charge in [-0.15, -0.1) is 11.3 Å². The highest BCUT2D eigenvalue weighted by atomic mass is 32.1. The fraction of sp³-hybridized carbons (Fsp3) is 0.364. The van der Waals surface area contributed by atoms with Crippen molar-refractivity contribution in [3.05, 3.63) is 33.7 Å². The van der Waals surface area contributed by atoms with Gasteiger partial charge in [-0.05, 0) is 31.5 Å². The predicted molar refractivity (Wildman–Crippen MR) is 121 cm³/mol. The molecule has 0 spiro atoms.